The van der Waals surface area contributed by atoms with Crippen LogP contribution < -0.4 is 21.3 Å². The molecule has 4 N–H and O–H groups in total. The normalized spacial score (nSPS) is 16.6. The van der Waals surface area contributed by atoms with Crippen LogP contribution >= 0.6 is 0 Å². The van der Waals surface area contributed by atoms with Crippen molar-refractivity contribution in [2.45, 2.75) is 6.92 Å². The molecule has 10 heteroatoms. The SMILES string of the molecule is Cc1cc(C(N)=O)ccc1/C(Nc1ccc(N(C)C(=O)CN2CCN(C)CC2)cc1)=C1/C(=O)Nc2cc(F)ccc21. The Morgan fingerprint density at radius 2 is 1.73 bits per heavy atom. The number of nitrogens with two attached hydrogens (primary N) is 1. The molecule has 2 heterocycles. The standard InChI is InChI=1S/C31H33FN6O3/c1-19-16-20(30(33)40)4-10-24(19)29(28-25-11-5-21(32)17-26(25)35-31(28)41)34-22-6-8-23(9-7-22)37(3)27(39)18-38-14-12-36(2)13-15-38/h4-11,16-17,34H,12-15,18H2,1-3H3,(H2,33,40)(H,35,41)/b29-28-. The van der Waals surface area contributed by atoms with Crippen molar-refractivity contribution in [1.82, 2.24) is 9.80 Å². The molecule has 3 amide bonds. The van der Waals surface area contributed by atoms with Gasteiger partial charge in [0.15, 0.2) is 0 Å². The van der Waals surface area contributed by atoms with Crippen LogP contribution in [0.1, 0.15) is 27.0 Å². The minimum absolute atomic E-state index is 0.00898. The highest BCUT2D eigenvalue weighted by Gasteiger charge is 2.29. The Balaban J connectivity index is 1.44. The molecule has 1 fully saturated rings. The van der Waals surface area contributed by atoms with Gasteiger partial charge in [-0.2, -0.15) is 0 Å². The molecule has 0 unspecified atom stereocenters. The fraction of sp³-hybridized carbons (Fsp3) is 0.258. The summed E-state index contributed by atoms with van der Waals surface area (Å²) >= 11 is 0. The van der Waals surface area contributed by atoms with Gasteiger partial charge in [-0.25, -0.2) is 4.39 Å². The number of anilines is 3. The van der Waals surface area contributed by atoms with Crippen molar-refractivity contribution in [2.24, 2.45) is 5.73 Å². The summed E-state index contributed by atoms with van der Waals surface area (Å²) in [5.74, 6) is -1.38. The van der Waals surface area contributed by atoms with Crippen molar-refractivity contribution in [3.05, 3.63) is 88.7 Å². The fourth-order valence-corrected chi connectivity index (χ4v) is 5.12. The summed E-state index contributed by atoms with van der Waals surface area (Å²) in [7, 11) is 3.84. The van der Waals surface area contributed by atoms with E-state index in [0.29, 0.717) is 45.9 Å². The molecule has 0 aliphatic carbocycles. The summed E-state index contributed by atoms with van der Waals surface area (Å²) in [6.45, 7) is 5.79. The Labute approximate surface area is 238 Å². The summed E-state index contributed by atoms with van der Waals surface area (Å²) in [6.07, 6.45) is 0. The number of amides is 3. The van der Waals surface area contributed by atoms with Crippen LogP contribution in [0.5, 0.6) is 0 Å². The van der Waals surface area contributed by atoms with Crippen LogP contribution in [-0.4, -0.2) is 74.3 Å². The zero-order valence-electron chi connectivity index (χ0n) is 23.3. The van der Waals surface area contributed by atoms with Gasteiger partial charge in [-0.1, -0.05) is 6.07 Å². The Morgan fingerprint density at radius 3 is 2.39 bits per heavy atom. The number of rotatable bonds is 7. The minimum Gasteiger partial charge on any atom is -0.366 e. The van der Waals surface area contributed by atoms with Crippen LogP contribution in [0.2, 0.25) is 0 Å². The van der Waals surface area contributed by atoms with Crippen LogP contribution in [0.25, 0.3) is 11.3 Å². The van der Waals surface area contributed by atoms with Crippen LogP contribution in [0, 0.1) is 12.7 Å². The Bertz CT molecular complexity index is 1540. The fourth-order valence-electron chi connectivity index (χ4n) is 5.12. The summed E-state index contributed by atoms with van der Waals surface area (Å²) in [6, 6.07) is 16.5. The van der Waals surface area contributed by atoms with Gasteiger partial charge in [0.05, 0.1) is 23.5 Å². The third-order valence-corrected chi connectivity index (χ3v) is 7.61. The van der Waals surface area contributed by atoms with E-state index in [1.54, 1.807) is 36.2 Å². The van der Waals surface area contributed by atoms with E-state index >= 15 is 0 Å². The number of carbonyl (C=O) groups excluding carboxylic acids is 3. The highest BCUT2D eigenvalue weighted by atomic mass is 19.1. The third kappa shape index (κ3) is 5.98. The lowest BCUT2D eigenvalue weighted by Crippen LogP contribution is -2.48. The molecule has 41 heavy (non-hydrogen) atoms. The van der Waals surface area contributed by atoms with Crippen molar-refractivity contribution < 1.29 is 18.8 Å². The predicted octanol–water partition coefficient (Wildman–Crippen LogP) is 3.38. The monoisotopic (exact) mass is 556 g/mol. The first-order chi connectivity index (χ1) is 19.6. The number of piperazine rings is 1. The first-order valence-electron chi connectivity index (χ1n) is 13.4. The molecule has 0 spiro atoms. The average Bonchev–Trinajstić information content (AvgIpc) is 3.27. The molecule has 3 aromatic carbocycles. The smallest absolute Gasteiger partial charge is 0.258 e. The predicted molar refractivity (Wildman–Crippen MR) is 159 cm³/mol. The molecule has 0 bridgehead atoms. The second-order valence-electron chi connectivity index (χ2n) is 10.5. The maximum absolute atomic E-state index is 13.9. The van der Waals surface area contributed by atoms with E-state index in [-0.39, 0.29) is 11.8 Å². The van der Waals surface area contributed by atoms with E-state index in [1.165, 1.54) is 12.1 Å². The average molecular weight is 557 g/mol. The summed E-state index contributed by atoms with van der Waals surface area (Å²) in [5, 5.41) is 6.11. The van der Waals surface area contributed by atoms with E-state index in [1.807, 2.05) is 31.2 Å². The number of fused-ring (bicyclic) bond motifs is 1. The Morgan fingerprint density at radius 1 is 1.02 bits per heavy atom. The number of primary amides is 1. The van der Waals surface area contributed by atoms with Crippen molar-refractivity contribution >= 4 is 46.1 Å². The molecule has 0 aromatic heterocycles. The van der Waals surface area contributed by atoms with Gasteiger partial charge in [-0.05, 0) is 74.1 Å². The van der Waals surface area contributed by atoms with Gasteiger partial charge in [0, 0.05) is 61.3 Å². The van der Waals surface area contributed by atoms with Crippen molar-refractivity contribution in [3.8, 4) is 0 Å². The van der Waals surface area contributed by atoms with Crippen molar-refractivity contribution in [2.75, 3.05) is 62.4 Å². The zero-order valence-corrected chi connectivity index (χ0v) is 23.3. The topological polar surface area (TPSA) is 111 Å². The molecule has 0 radical (unpaired) electrons. The van der Waals surface area contributed by atoms with E-state index < -0.39 is 11.7 Å². The van der Waals surface area contributed by atoms with Crippen molar-refractivity contribution in [3.63, 3.8) is 0 Å². The lowest BCUT2D eigenvalue weighted by atomic mass is 9.95. The van der Waals surface area contributed by atoms with Gasteiger partial charge in [-0.3, -0.25) is 19.3 Å². The minimum atomic E-state index is -0.553. The number of aryl methyl sites for hydroxylation is 1. The van der Waals surface area contributed by atoms with Gasteiger partial charge >= 0.3 is 0 Å². The molecule has 1 saturated heterocycles. The van der Waals surface area contributed by atoms with Crippen LogP contribution in [-0.2, 0) is 9.59 Å². The second kappa shape index (κ2) is 11.5. The van der Waals surface area contributed by atoms with E-state index in [2.05, 4.69) is 27.5 Å². The quantitative estimate of drug-likeness (QED) is 0.385. The van der Waals surface area contributed by atoms with Gasteiger partial charge in [0.1, 0.15) is 5.82 Å². The molecule has 3 aromatic rings. The van der Waals surface area contributed by atoms with E-state index in [4.69, 9.17) is 5.73 Å². The number of nitrogens with one attached hydrogen (secondary N) is 2. The number of benzene rings is 3. The molecule has 0 atom stereocenters. The molecule has 0 saturated carbocycles. The number of likely N-dealkylation sites (N-methyl/N-ethyl adjacent to an activating group) is 2. The summed E-state index contributed by atoms with van der Waals surface area (Å²) in [5.41, 5.74) is 10.4. The Hall–Kier alpha value is -4.54. The molecule has 2 aliphatic heterocycles. The lowest BCUT2D eigenvalue weighted by Gasteiger charge is -2.32. The van der Waals surface area contributed by atoms with Gasteiger partial charge < -0.3 is 26.2 Å². The Kier molecular flexibility index (Phi) is 7.87. The van der Waals surface area contributed by atoms with Gasteiger partial charge in [-0.15, -0.1) is 0 Å². The lowest BCUT2D eigenvalue weighted by molar-refractivity contribution is -0.119. The van der Waals surface area contributed by atoms with Gasteiger partial charge in [0.25, 0.3) is 5.91 Å². The number of hydrogen-bond acceptors (Lipinski definition) is 6. The maximum atomic E-state index is 13.9. The molecular weight excluding hydrogens is 523 g/mol. The van der Waals surface area contributed by atoms with Gasteiger partial charge in [0.2, 0.25) is 11.8 Å². The molecule has 212 valence electrons. The highest BCUT2D eigenvalue weighted by molar-refractivity contribution is 6.37. The first-order valence-corrected chi connectivity index (χ1v) is 13.4. The summed E-state index contributed by atoms with van der Waals surface area (Å²) < 4.78 is 13.9. The maximum Gasteiger partial charge on any atom is 0.258 e. The number of halogens is 1. The van der Waals surface area contributed by atoms with Crippen molar-refractivity contribution in [1.29, 1.82) is 0 Å². The number of hydrogen-bond donors (Lipinski definition) is 3. The summed E-state index contributed by atoms with van der Waals surface area (Å²) in [4.78, 5) is 43.9. The van der Waals surface area contributed by atoms with Crippen LogP contribution in [0.4, 0.5) is 21.5 Å². The number of nitrogens with zero attached hydrogens (tertiary/aromatic N) is 3. The molecule has 5 rings (SSSR count). The zero-order chi connectivity index (χ0) is 29.3. The highest BCUT2D eigenvalue weighted by Crippen LogP contribution is 2.39. The van der Waals surface area contributed by atoms with Crippen LogP contribution in [0.15, 0.2) is 60.7 Å². The molecular formula is C31H33FN6O3. The molecule has 9 nitrogen and oxygen atoms in total. The molecule has 2 aliphatic rings. The van der Waals surface area contributed by atoms with Crippen LogP contribution in [0.3, 0.4) is 0 Å². The van der Waals surface area contributed by atoms with E-state index in [9.17, 15) is 18.8 Å². The van der Waals surface area contributed by atoms with E-state index in [0.717, 1.165) is 37.4 Å². The third-order valence-electron chi connectivity index (χ3n) is 7.61. The number of carbonyl (C=O) groups is 3. The second-order valence-corrected chi connectivity index (χ2v) is 10.5. The first kappa shape index (κ1) is 28.0. The largest absolute Gasteiger partial charge is 0.366 e.